The molecule has 0 fully saturated rings. The molecule has 0 saturated heterocycles. The van der Waals surface area contributed by atoms with Crippen LogP contribution in [0, 0.1) is 11.3 Å². The van der Waals surface area contributed by atoms with E-state index in [9.17, 15) is 4.79 Å². The molecule has 0 atom stereocenters. The van der Waals surface area contributed by atoms with E-state index < -0.39 is 0 Å². The molecule has 3 aromatic heterocycles. The zero-order chi connectivity index (χ0) is 17.9. The van der Waals surface area contributed by atoms with Crippen LogP contribution in [0.25, 0.3) is 11.0 Å². The third-order valence-corrected chi connectivity index (χ3v) is 4.77. The number of hydrogen-bond acceptors (Lipinski definition) is 4. The number of H-pyrrole nitrogens is 1. The maximum Gasteiger partial charge on any atom is 0.281 e. The summed E-state index contributed by atoms with van der Waals surface area (Å²) in [6.07, 6.45) is 5.21. The lowest BCUT2D eigenvalue weighted by Gasteiger charge is -2.03. The molecular formula is C19H13N5OS. The van der Waals surface area contributed by atoms with Crippen molar-refractivity contribution in [1.82, 2.24) is 14.5 Å². The predicted octanol–water partition coefficient (Wildman–Crippen LogP) is 3.09. The van der Waals surface area contributed by atoms with Crippen molar-refractivity contribution >= 4 is 28.3 Å². The molecule has 7 heteroatoms. The van der Waals surface area contributed by atoms with E-state index in [-0.39, 0.29) is 5.91 Å². The Morgan fingerprint density at radius 3 is 2.96 bits per heavy atom. The lowest BCUT2D eigenvalue weighted by Crippen LogP contribution is -2.17. The van der Waals surface area contributed by atoms with Crippen molar-refractivity contribution < 1.29 is 4.79 Å². The number of carbonyl (C=O) groups is 1. The van der Waals surface area contributed by atoms with Crippen molar-refractivity contribution in [2.24, 2.45) is 4.99 Å². The van der Waals surface area contributed by atoms with Gasteiger partial charge in [-0.25, -0.2) is 4.98 Å². The van der Waals surface area contributed by atoms with Crippen LogP contribution in [0.1, 0.15) is 21.5 Å². The summed E-state index contributed by atoms with van der Waals surface area (Å²) in [5.41, 5.74) is 2.83. The van der Waals surface area contributed by atoms with E-state index >= 15 is 0 Å². The molecule has 26 heavy (non-hydrogen) atoms. The lowest BCUT2D eigenvalue weighted by molar-refractivity contribution is 0.0999. The fraction of sp³-hybridized carbons (Fsp3) is 0.0526. The van der Waals surface area contributed by atoms with Crippen LogP contribution >= 0.6 is 11.3 Å². The SMILES string of the molecule is N#Cc1ccc(Cn2ccs/c2=N\C(=O)c2c[nH]c3ncccc23)cc1. The van der Waals surface area contributed by atoms with Gasteiger partial charge in [0.1, 0.15) is 5.65 Å². The number of amides is 1. The second-order valence-corrected chi connectivity index (χ2v) is 6.51. The second-order valence-electron chi connectivity index (χ2n) is 5.64. The Hall–Kier alpha value is -3.50. The van der Waals surface area contributed by atoms with E-state index in [1.165, 1.54) is 11.3 Å². The van der Waals surface area contributed by atoms with Crippen LogP contribution < -0.4 is 4.80 Å². The zero-order valence-electron chi connectivity index (χ0n) is 13.6. The van der Waals surface area contributed by atoms with Crippen molar-refractivity contribution in [3.63, 3.8) is 0 Å². The maximum atomic E-state index is 12.6. The maximum absolute atomic E-state index is 12.6. The molecule has 0 saturated carbocycles. The van der Waals surface area contributed by atoms with Gasteiger partial charge in [-0.15, -0.1) is 11.3 Å². The second kappa shape index (κ2) is 6.78. The number of rotatable bonds is 3. The van der Waals surface area contributed by atoms with Crippen LogP contribution in [-0.4, -0.2) is 20.4 Å². The zero-order valence-corrected chi connectivity index (χ0v) is 14.4. The van der Waals surface area contributed by atoms with E-state index in [1.807, 2.05) is 34.3 Å². The van der Waals surface area contributed by atoms with Gasteiger partial charge in [0.15, 0.2) is 4.80 Å². The molecule has 4 rings (SSSR count). The molecule has 1 amide bonds. The first-order valence-electron chi connectivity index (χ1n) is 7.89. The molecule has 0 bridgehead atoms. The molecular weight excluding hydrogens is 346 g/mol. The van der Waals surface area contributed by atoms with Gasteiger partial charge < -0.3 is 9.55 Å². The normalized spacial score (nSPS) is 11.6. The monoisotopic (exact) mass is 359 g/mol. The van der Waals surface area contributed by atoms with Crippen molar-refractivity contribution in [2.75, 3.05) is 0 Å². The third kappa shape index (κ3) is 3.06. The van der Waals surface area contributed by atoms with E-state index in [0.29, 0.717) is 28.1 Å². The number of thiazole rings is 1. The molecule has 0 radical (unpaired) electrons. The van der Waals surface area contributed by atoms with Crippen LogP contribution in [-0.2, 0) is 6.54 Å². The van der Waals surface area contributed by atoms with Crippen molar-refractivity contribution in [3.8, 4) is 6.07 Å². The molecule has 0 aliphatic rings. The minimum atomic E-state index is -0.305. The molecule has 1 aromatic carbocycles. The lowest BCUT2D eigenvalue weighted by atomic mass is 10.1. The number of nitrogens with one attached hydrogen (secondary N) is 1. The Morgan fingerprint density at radius 1 is 1.31 bits per heavy atom. The topological polar surface area (TPSA) is 86.8 Å². The molecule has 0 spiro atoms. The Bertz CT molecular complexity index is 1190. The largest absolute Gasteiger partial charge is 0.345 e. The number of hydrogen-bond donors (Lipinski definition) is 1. The van der Waals surface area contributed by atoms with Crippen LogP contribution in [0.3, 0.4) is 0 Å². The summed E-state index contributed by atoms with van der Waals surface area (Å²) < 4.78 is 1.91. The van der Waals surface area contributed by atoms with Crippen LogP contribution in [0.2, 0.25) is 0 Å². The summed E-state index contributed by atoms with van der Waals surface area (Å²) in [5.74, 6) is -0.305. The first kappa shape index (κ1) is 16.0. The van der Waals surface area contributed by atoms with Crippen molar-refractivity contribution in [3.05, 3.63) is 81.9 Å². The number of aromatic nitrogens is 3. The average Bonchev–Trinajstić information content (AvgIpc) is 3.29. The quantitative estimate of drug-likeness (QED) is 0.610. The van der Waals surface area contributed by atoms with Gasteiger partial charge in [-0.2, -0.15) is 10.3 Å². The first-order valence-corrected chi connectivity index (χ1v) is 8.77. The predicted molar refractivity (Wildman–Crippen MR) is 98.6 cm³/mol. The molecule has 0 aliphatic heterocycles. The van der Waals surface area contributed by atoms with Gasteiger partial charge in [-0.1, -0.05) is 12.1 Å². The highest BCUT2D eigenvalue weighted by Crippen LogP contribution is 2.16. The minimum Gasteiger partial charge on any atom is -0.345 e. The highest BCUT2D eigenvalue weighted by Gasteiger charge is 2.12. The fourth-order valence-corrected chi connectivity index (χ4v) is 3.39. The summed E-state index contributed by atoms with van der Waals surface area (Å²) in [5, 5.41) is 11.5. The van der Waals surface area contributed by atoms with Gasteiger partial charge in [0.2, 0.25) is 0 Å². The molecule has 0 unspecified atom stereocenters. The number of pyridine rings is 1. The summed E-state index contributed by atoms with van der Waals surface area (Å²) in [6, 6.07) is 13.1. The van der Waals surface area contributed by atoms with Gasteiger partial charge >= 0.3 is 0 Å². The molecule has 1 N–H and O–H groups in total. The van der Waals surface area contributed by atoms with Gasteiger partial charge in [-0.3, -0.25) is 4.79 Å². The van der Waals surface area contributed by atoms with Gasteiger partial charge in [0, 0.05) is 35.9 Å². The third-order valence-electron chi connectivity index (χ3n) is 3.97. The summed E-state index contributed by atoms with van der Waals surface area (Å²) in [4.78, 5) is 24.7. The Labute approximate surface area is 152 Å². The van der Waals surface area contributed by atoms with E-state index in [4.69, 9.17) is 5.26 Å². The number of aromatic amines is 1. The summed E-state index contributed by atoms with van der Waals surface area (Å²) in [6.45, 7) is 0.580. The van der Waals surface area contributed by atoms with Crippen LogP contribution in [0.4, 0.5) is 0 Å². The van der Waals surface area contributed by atoms with Gasteiger partial charge in [0.05, 0.1) is 17.2 Å². The van der Waals surface area contributed by atoms with E-state index in [2.05, 4.69) is 21.0 Å². The summed E-state index contributed by atoms with van der Waals surface area (Å²) in [7, 11) is 0. The average molecular weight is 359 g/mol. The number of benzene rings is 1. The molecule has 4 aromatic rings. The first-order chi connectivity index (χ1) is 12.7. The Kier molecular flexibility index (Phi) is 4.17. The van der Waals surface area contributed by atoms with Gasteiger partial charge in [0.25, 0.3) is 5.91 Å². The number of nitrogens with zero attached hydrogens (tertiary/aromatic N) is 4. The molecule has 126 valence electrons. The minimum absolute atomic E-state index is 0.305. The number of carbonyl (C=O) groups excluding carboxylic acids is 1. The van der Waals surface area contributed by atoms with Crippen LogP contribution in [0.15, 0.2) is 65.4 Å². The standard InChI is InChI=1S/C19H13N5OS/c20-10-13-3-5-14(6-4-13)12-24-8-9-26-19(24)23-18(25)16-11-22-17-15(16)2-1-7-21-17/h1-9,11H,12H2,(H,21,22)/b23-19-. The highest BCUT2D eigenvalue weighted by atomic mass is 32.1. The van der Waals surface area contributed by atoms with Crippen molar-refractivity contribution in [2.45, 2.75) is 6.54 Å². The van der Waals surface area contributed by atoms with E-state index in [0.717, 1.165) is 10.9 Å². The fourth-order valence-electron chi connectivity index (χ4n) is 2.67. The Balaban J connectivity index is 1.65. The Morgan fingerprint density at radius 2 is 2.15 bits per heavy atom. The number of nitriles is 1. The van der Waals surface area contributed by atoms with Gasteiger partial charge in [-0.05, 0) is 29.8 Å². The highest BCUT2D eigenvalue weighted by molar-refractivity contribution is 7.07. The van der Waals surface area contributed by atoms with Crippen LogP contribution in [0.5, 0.6) is 0 Å². The van der Waals surface area contributed by atoms with Crippen molar-refractivity contribution in [1.29, 1.82) is 5.26 Å². The molecule has 3 heterocycles. The molecule has 0 aliphatic carbocycles. The van der Waals surface area contributed by atoms with E-state index in [1.54, 1.807) is 30.6 Å². The smallest absolute Gasteiger partial charge is 0.281 e. The molecule has 6 nitrogen and oxygen atoms in total. The number of fused-ring (bicyclic) bond motifs is 1. The summed E-state index contributed by atoms with van der Waals surface area (Å²) >= 11 is 1.40.